The molecule has 4 heteroatoms. The Balaban J connectivity index is 2.60. The van der Waals surface area contributed by atoms with Crippen molar-refractivity contribution in [3.8, 4) is 6.07 Å². The van der Waals surface area contributed by atoms with Gasteiger partial charge in [-0.05, 0) is 24.3 Å². The minimum Gasteiger partial charge on any atom is -0.372 e. The van der Waals surface area contributed by atoms with Gasteiger partial charge in [-0.3, -0.25) is 4.79 Å². The molecule has 1 aromatic rings. The van der Waals surface area contributed by atoms with Crippen LogP contribution in [-0.4, -0.2) is 12.5 Å². The molecule has 0 saturated heterocycles. The van der Waals surface area contributed by atoms with Crippen molar-refractivity contribution < 1.29 is 4.79 Å². The van der Waals surface area contributed by atoms with E-state index < -0.39 is 0 Å². The number of nitriles is 1. The predicted molar refractivity (Wildman–Crippen MR) is 54.8 cm³/mol. The summed E-state index contributed by atoms with van der Waals surface area (Å²) in [6.45, 7) is 1.74. The average molecular weight is 189 g/mol. The van der Waals surface area contributed by atoms with Gasteiger partial charge in [-0.15, -0.1) is 0 Å². The normalized spacial score (nSPS) is 8.86. The van der Waals surface area contributed by atoms with E-state index in [4.69, 9.17) is 5.26 Å². The molecule has 1 amide bonds. The topological polar surface area (TPSA) is 64.9 Å². The smallest absolute Gasteiger partial charge is 0.221 e. The molecular weight excluding hydrogens is 178 g/mol. The van der Waals surface area contributed by atoms with Gasteiger partial charge in [-0.25, -0.2) is 0 Å². The molecule has 0 fully saturated rings. The number of nitrogens with one attached hydrogen (secondary N) is 2. The van der Waals surface area contributed by atoms with E-state index >= 15 is 0 Å². The molecule has 2 N–H and O–H groups in total. The Labute approximate surface area is 82.5 Å². The van der Waals surface area contributed by atoms with E-state index in [0.717, 1.165) is 11.4 Å². The van der Waals surface area contributed by atoms with E-state index in [1.54, 1.807) is 12.1 Å². The third-order valence-electron chi connectivity index (χ3n) is 1.58. The zero-order chi connectivity index (χ0) is 10.4. The molecule has 0 atom stereocenters. The van der Waals surface area contributed by atoms with Gasteiger partial charge >= 0.3 is 0 Å². The molecule has 0 aliphatic carbocycles. The van der Waals surface area contributed by atoms with Gasteiger partial charge in [-0.1, -0.05) is 0 Å². The van der Waals surface area contributed by atoms with Crippen LogP contribution in [0.2, 0.25) is 0 Å². The van der Waals surface area contributed by atoms with E-state index in [2.05, 4.69) is 10.6 Å². The van der Waals surface area contributed by atoms with Crippen LogP contribution in [0.15, 0.2) is 24.3 Å². The maximum Gasteiger partial charge on any atom is 0.221 e. The first-order chi connectivity index (χ1) is 6.72. The van der Waals surface area contributed by atoms with E-state index in [1.165, 1.54) is 6.92 Å². The third kappa shape index (κ3) is 3.15. The van der Waals surface area contributed by atoms with Crippen LogP contribution in [-0.2, 0) is 4.79 Å². The van der Waals surface area contributed by atoms with Crippen LogP contribution in [0.3, 0.4) is 0 Å². The summed E-state index contributed by atoms with van der Waals surface area (Å²) in [5.41, 5.74) is 1.61. The van der Waals surface area contributed by atoms with Gasteiger partial charge in [0, 0.05) is 18.3 Å². The molecular formula is C10H11N3O. The number of nitrogens with zero attached hydrogens (tertiary/aromatic N) is 1. The van der Waals surface area contributed by atoms with Crippen LogP contribution in [0.5, 0.6) is 0 Å². The van der Waals surface area contributed by atoms with Crippen molar-refractivity contribution in [2.24, 2.45) is 0 Å². The van der Waals surface area contributed by atoms with Gasteiger partial charge in [0.25, 0.3) is 0 Å². The first kappa shape index (κ1) is 10.1. The lowest BCUT2D eigenvalue weighted by Crippen LogP contribution is -2.05. The van der Waals surface area contributed by atoms with Gasteiger partial charge in [0.2, 0.25) is 5.91 Å². The Bertz CT molecular complexity index is 351. The second-order valence-corrected chi connectivity index (χ2v) is 2.77. The van der Waals surface area contributed by atoms with Gasteiger partial charge in [0.05, 0.1) is 6.07 Å². The first-order valence-corrected chi connectivity index (χ1v) is 4.21. The molecule has 0 unspecified atom stereocenters. The Kier molecular flexibility index (Phi) is 3.50. The summed E-state index contributed by atoms with van der Waals surface area (Å²) in [6, 6.07) is 9.16. The van der Waals surface area contributed by atoms with Crippen LogP contribution < -0.4 is 10.6 Å². The van der Waals surface area contributed by atoms with Gasteiger partial charge in [0.1, 0.15) is 6.54 Å². The highest BCUT2D eigenvalue weighted by atomic mass is 16.1. The number of rotatable bonds is 3. The van der Waals surface area contributed by atoms with Crippen LogP contribution in [0.1, 0.15) is 6.92 Å². The molecule has 0 aliphatic rings. The molecule has 14 heavy (non-hydrogen) atoms. The lowest BCUT2D eigenvalue weighted by molar-refractivity contribution is -0.114. The molecule has 1 aromatic carbocycles. The van der Waals surface area contributed by atoms with E-state index in [1.807, 2.05) is 18.2 Å². The summed E-state index contributed by atoms with van der Waals surface area (Å²) in [5.74, 6) is -0.0947. The second-order valence-electron chi connectivity index (χ2n) is 2.77. The lowest BCUT2D eigenvalue weighted by atomic mass is 10.3. The average Bonchev–Trinajstić information content (AvgIpc) is 2.16. The SMILES string of the molecule is CC(=O)Nc1ccc(NCC#N)cc1. The summed E-state index contributed by atoms with van der Waals surface area (Å²) in [6.07, 6.45) is 0. The van der Waals surface area contributed by atoms with Crippen molar-refractivity contribution in [3.63, 3.8) is 0 Å². The minimum absolute atomic E-state index is 0.0947. The predicted octanol–water partition coefficient (Wildman–Crippen LogP) is 1.58. The zero-order valence-corrected chi connectivity index (χ0v) is 7.87. The Morgan fingerprint density at radius 3 is 2.43 bits per heavy atom. The Morgan fingerprint density at radius 1 is 1.36 bits per heavy atom. The van der Waals surface area contributed by atoms with Crippen molar-refractivity contribution in [3.05, 3.63) is 24.3 Å². The fraction of sp³-hybridized carbons (Fsp3) is 0.200. The highest BCUT2D eigenvalue weighted by Crippen LogP contribution is 2.12. The summed E-state index contributed by atoms with van der Waals surface area (Å²) in [4.78, 5) is 10.7. The van der Waals surface area contributed by atoms with Crippen molar-refractivity contribution in [2.45, 2.75) is 6.92 Å². The molecule has 0 spiro atoms. The number of benzene rings is 1. The summed E-state index contributed by atoms with van der Waals surface area (Å²) in [5, 5.41) is 13.9. The van der Waals surface area contributed by atoms with Gasteiger partial charge in [0.15, 0.2) is 0 Å². The molecule has 0 bridgehead atoms. The monoisotopic (exact) mass is 189 g/mol. The number of carbonyl (C=O) groups is 1. The minimum atomic E-state index is -0.0947. The van der Waals surface area contributed by atoms with E-state index in [9.17, 15) is 4.79 Å². The largest absolute Gasteiger partial charge is 0.372 e. The molecule has 0 aromatic heterocycles. The van der Waals surface area contributed by atoms with Crippen molar-refractivity contribution >= 4 is 17.3 Å². The fourth-order valence-corrected chi connectivity index (χ4v) is 1.02. The molecule has 0 heterocycles. The van der Waals surface area contributed by atoms with E-state index in [0.29, 0.717) is 0 Å². The Morgan fingerprint density at radius 2 is 1.93 bits per heavy atom. The fourth-order valence-electron chi connectivity index (χ4n) is 1.02. The maximum atomic E-state index is 10.7. The van der Waals surface area contributed by atoms with Crippen molar-refractivity contribution in [1.29, 1.82) is 5.26 Å². The van der Waals surface area contributed by atoms with Crippen LogP contribution in [0, 0.1) is 11.3 Å². The second kappa shape index (κ2) is 4.87. The molecule has 0 aliphatic heterocycles. The molecule has 0 saturated carbocycles. The summed E-state index contributed by atoms with van der Waals surface area (Å²) < 4.78 is 0. The highest BCUT2D eigenvalue weighted by molar-refractivity contribution is 5.88. The standard InChI is InChI=1S/C10H11N3O/c1-8(14)13-10-4-2-9(3-5-10)12-7-6-11/h2-5,12H,7H2,1H3,(H,13,14). The van der Waals surface area contributed by atoms with Crippen LogP contribution >= 0.6 is 0 Å². The van der Waals surface area contributed by atoms with E-state index in [-0.39, 0.29) is 12.5 Å². The van der Waals surface area contributed by atoms with Crippen LogP contribution in [0.25, 0.3) is 0 Å². The summed E-state index contributed by atoms with van der Waals surface area (Å²) in [7, 11) is 0. The molecule has 1 rings (SSSR count). The van der Waals surface area contributed by atoms with Gasteiger partial charge in [-0.2, -0.15) is 5.26 Å². The highest BCUT2D eigenvalue weighted by Gasteiger charge is 1.95. The van der Waals surface area contributed by atoms with Crippen molar-refractivity contribution in [1.82, 2.24) is 0 Å². The first-order valence-electron chi connectivity index (χ1n) is 4.21. The number of anilines is 2. The number of hydrogen-bond acceptors (Lipinski definition) is 3. The number of hydrogen-bond donors (Lipinski definition) is 2. The molecule has 0 radical (unpaired) electrons. The zero-order valence-electron chi connectivity index (χ0n) is 7.87. The quantitative estimate of drug-likeness (QED) is 0.709. The summed E-state index contributed by atoms with van der Waals surface area (Å²) >= 11 is 0. The molecule has 72 valence electrons. The lowest BCUT2D eigenvalue weighted by Gasteiger charge is -2.04. The van der Waals surface area contributed by atoms with Gasteiger partial charge < -0.3 is 10.6 Å². The Hall–Kier alpha value is -2.02. The maximum absolute atomic E-state index is 10.7. The van der Waals surface area contributed by atoms with Crippen LogP contribution in [0.4, 0.5) is 11.4 Å². The third-order valence-corrected chi connectivity index (χ3v) is 1.58. The molecule has 4 nitrogen and oxygen atoms in total. The van der Waals surface area contributed by atoms with Crippen molar-refractivity contribution in [2.75, 3.05) is 17.2 Å². The number of amides is 1. The number of carbonyl (C=O) groups excluding carboxylic acids is 1.